The van der Waals surface area contributed by atoms with Crippen LogP contribution in [0.2, 0.25) is 0 Å². The van der Waals surface area contributed by atoms with Crippen LogP contribution < -0.4 is 22.1 Å². The van der Waals surface area contributed by atoms with E-state index in [1.54, 1.807) is 0 Å². The molecule has 0 bridgehead atoms. The lowest BCUT2D eigenvalue weighted by Gasteiger charge is -2.24. The highest BCUT2D eigenvalue weighted by Gasteiger charge is 2.08. The van der Waals surface area contributed by atoms with Gasteiger partial charge in [0.1, 0.15) is 6.29 Å². The van der Waals surface area contributed by atoms with Crippen LogP contribution in [0.4, 0.5) is 11.4 Å². The molecule has 0 aromatic heterocycles. The molecule has 6 N–H and O–H groups in total. The number of primary amides is 1. The minimum absolute atomic E-state index is 0.250. The van der Waals surface area contributed by atoms with E-state index in [2.05, 4.69) is 19.6 Å². The molecular formula is C20H36N4O2. The summed E-state index contributed by atoms with van der Waals surface area (Å²) in [6.45, 7) is 5.79. The topological polar surface area (TPSA) is 115 Å². The average Bonchev–Trinajstić information content (AvgIpc) is 2.62. The van der Waals surface area contributed by atoms with E-state index in [1.807, 2.05) is 23.1 Å². The van der Waals surface area contributed by atoms with E-state index in [-0.39, 0.29) is 6.41 Å². The number of hydrogen-bond acceptors (Lipinski definition) is 5. The third-order valence-electron chi connectivity index (χ3n) is 4.36. The van der Waals surface area contributed by atoms with Gasteiger partial charge in [-0.1, -0.05) is 52.0 Å². The summed E-state index contributed by atoms with van der Waals surface area (Å²) >= 11 is 0. The van der Waals surface area contributed by atoms with Crippen LogP contribution in [0.5, 0.6) is 0 Å². The summed E-state index contributed by atoms with van der Waals surface area (Å²) in [5.74, 6) is 1.04. The zero-order valence-electron chi connectivity index (χ0n) is 16.3. The lowest BCUT2D eigenvalue weighted by atomic mass is 9.91. The molecule has 1 aliphatic carbocycles. The number of carbonyl (C=O) groups excluding carboxylic acids is 2. The van der Waals surface area contributed by atoms with Gasteiger partial charge in [-0.2, -0.15) is 0 Å². The molecule has 1 aromatic rings. The SMILES string of the molecule is CC1CCCCC1.CCCN(CN)c1ccc(CC=O)cc1N.NC=O. The molecule has 0 radical (unpaired) electrons. The van der Waals surface area contributed by atoms with Crippen molar-refractivity contribution < 1.29 is 9.59 Å². The third-order valence-corrected chi connectivity index (χ3v) is 4.36. The Morgan fingerprint density at radius 1 is 1.19 bits per heavy atom. The number of nitrogens with zero attached hydrogens (tertiary/aromatic N) is 1. The maximum Gasteiger partial charge on any atom is 0.204 e. The van der Waals surface area contributed by atoms with Crippen molar-refractivity contribution in [2.75, 3.05) is 23.8 Å². The Balaban J connectivity index is 0.000000514. The Morgan fingerprint density at radius 2 is 1.81 bits per heavy atom. The molecular weight excluding hydrogens is 328 g/mol. The van der Waals surface area contributed by atoms with Crippen molar-refractivity contribution in [2.45, 2.75) is 58.8 Å². The summed E-state index contributed by atoms with van der Waals surface area (Å²) in [4.78, 5) is 21.0. The zero-order chi connectivity index (χ0) is 19.8. The molecule has 1 amide bonds. The minimum atomic E-state index is 0.250. The summed E-state index contributed by atoms with van der Waals surface area (Å²) < 4.78 is 0. The number of amides is 1. The second kappa shape index (κ2) is 15.2. The van der Waals surface area contributed by atoms with Crippen molar-refractivity contribution in [3.05, 3.63) is 23.8 Å². The number of benzene rings is 1. The van der Waals surface area contributed by atoms with Crippen LogP contribution in [-0.2, 0) is 16.0 Å². The van der Waals surface area contributed by atoms with Crippen LogP contribution in [0.25, 0.3) is 0 Å². The smallest absolute Gasteiger partial charge is 0.204 e. The van der Waals surface area contributed by atoms with Gasteiger partial charge in [0.15, 0.2) is 0 Å². The van der Waals surface area contributed by atoms with E-state index in [4.69, 9.17) is 16.3 Å². The maximum atomic E-state index is 10.4. The average molecular weight is 365 g/mol. The van der Waals surface area contributed by atoms with Gasteiger partial charge in [-0.15, -0.1) is 0 Å². The summed E-state index contributed by atoms with van der Waals surface area (Å²) in [5, 5.41) is 0. The van der Waals surface area contributed by atoms with Crippen LogP contribution in [-0.4, -0.2) is 25.9 Å². The van der Waals surface area contributed by atoms with Crippen molar-refractivity contribution in [2.24, 2.45) is 17.4 Å². The van der Waals surface area contributed by atoms with E-state index in [1.165, 1.54) is 32.1 Å². The molecule has 2 rings (SSSR count). The van der Waals surface area contributed by atoms with Crippen LogP contribution >= 0.6 is 0 Å². The molecule has 0 heterocycles. The number of aldehydes is 1. The number of nitrogens with two attached hydrogens (primary N) is 3. The first-order valence-corrected chi connectivity index (χ1v) is 9.46. The van der Waals surface area contributed by atoms with Crippen LogP contribution in [0.1, 0.15) is 57.9 Å². The lowest BCUT2D eigenvalue weighted by Crippen LogP contribution is -2.31. The summed E-state index contributed by atoms with van der Waals surface area (Å²) in [7, 11) is 0. The molecule has 1 saturated carbocycles. The van der Waals surface area contributed by atoms with Crippen LogP contribution in [0.3, 0.4) is 0 Å². The molecule has 0 saturated heterocycles. The monoisotopic (exact) mass is 364 g/mol. The van der Waals surface area contributed by atoms with E-state index in [0.717, 1.165) is 36.4 Å². The van der Waals surface area contributed by atoms with Gasteiger partial charge in [0, 0.05) is 13.0 Å². The Morgan fingerprint density at radius 3 is 2.19 bits per heavy atom. The predicted octanol–water partition coefficient (Wildman–Crippen LogP) is 2.83. The lowest BCUT2D eigenvalue weighted by molar-refractivity contribution is -0.107. The highest BCUT2D eigenvalue weighted by atomic mass is 16.1. The molecule has 1 aromatic carbocycles. The highest BCUT2D eigenvalue weighted by molar-refractivity contribution is 5.70. The number of carbonyl (C=O) groups is 2. The first-order chi connectivity index (χ1) is 12.5. The third kappa shape index (κ3) is 10.0. The normalized spacial score (nSPS) is 13.5. The molecule has 6 nitrogen and oxygen atoms in total. The first-order valence-electron chi connectivity index (χ1n) is 9.46. The molecule has 1 aliphatic rings. The molecule has 0 atom stereocenters. The van der Waals surface area contributed by atoms with E-state index in [0.29, 0.717) is 18.8 Å². The largest absolute Gasteiger partial charge is 0.397 e. The molecule has 0 aliphatic heterocycles. The fraction of sp³-hybridized carbons (Fsp3) is 0.600. The summed E-state index contributed by atoms with van der Waals surface area (Å²) in [6.07, 6.45) is 9.99. The van der Waals surface area contributed by atoms with Crippen molar-refractivity contribution in [3.8, 4) is 0 Å². The minimum Gasteiger partial charge on any atom is -0.397 e. The number of hydrogen-bond donors (Lipinski definition) is 3. The van der Waals surface area contributed by atoms with E-state index >= 15 is 0 Å². The first kappa shape index (κ1) is 23.9. The maximum absolute atomic E-state index is 10.4. The van der Waals surface area contributed by atoms with Crippen molar-refractivity contribution in [1.82, 2.24) is 0 Å². The van der Waals surface area contributed by atoms with Crippen molar-refractivity contribution in [3.63, 3.8) is 0 Å². The Kier molecular flexibility index (Phi) is 14.0. The van der Waals surface area contributed by atoms with Gasteiger partial charge in [0.2, 0.25) is 6.41 Å². The standard InChI is InChI=1S/C12H19N3O.C7H14.CH3NO/c1-2-6-15(9-13)12-4-3-10(5-7-16)8-11(12)14;1-7-5-3-2-4-6-7;2-1-3/h3-4,7-8H,2,5-6,9,13-14H2,1H3;7H,2-6H2,1H3;1H,(H2,2,3). The molecule has 148 valence electrons. The fourth-order valence-corrected chi connectivity index (χ4v) is 3.00. The quantitative estimate of drug-likeness (QED) is 0.408. The van der Waals surface area contributed by atoms with Gasteiger partial charge in [-0.3, -0.25) is 4.79 Å². The summed E-state index contributed by atoms with van der Waals surface area (Å²) in [5.41, 5.74) is 18.3. The predicted molar refractivity (Wildman–Crippen MR) is 110 cm³/mol. The highest BCUT2D eigenvalue weighted by Crippen LogP contribution is 2.24. The second-order valence-corrected chi connectivity index (χ2v) is 6.59. The van der Waals surface area contributed by atoms with E-state index in [9.17, 15) is 4.79 Å². The molecule has 6 heteroatoms. The van der Waals surface area contributed by atoms with E-state index < -0.39 is 0 Å². The van der Waals surface area contributed by atoms with Gasteiger partial charge in [-0.25, -0.2) is 0 Å². The van der Waals surface area contributed by atoms with Gasteiger partial charge in [0.25, 0.3) is 0 Å². The second-order valence-electron chi connectivity index (χ2n) is 6.59. The Labute approximate surface area is 158 Å². The van der Waals surface area contributed by atoms with Gasteiger partial charge in [-0.05, 0) is 30.0 Å². The Hall–Kier alpha value is -2.08. The Bertz CT molecular complexity index is 503. The van der Waals surface area contributed by atoms with Crippen molar-refractivity contribution in [1.29, 1.82) is 0 Å². The van der Waals surface area contributed by atoms with Crippen LogP contribution in [0, 0.1) is 5.92 Å². The van der Waals surface area contributed by atoms with Gasteiger partial charge in [0.05, 0.1) is 18.0 Å². The number of anilines is 2. The number of nitrogen functional groups attached to an aromatic ring is 1. The molecule has 0 unspecified atom stereocenters. The summed E-state index contributed by atoms with van der Waals surface area (Å²) in [6, 6.07) is 5.68. The number of rotatable bonds is 6. The van der Waals surface area contributed by atoms with Gasteiger partial charge < -0.3 is 26.9 Å². The van der Waals surface area contributed by atoms with Gasteiger partial charge >= 0.3 is 0 Å². The fourth-order valence-electron chi connectivity index (χ4n) is 3.00. The molecule has 0 spiro atoms. The zero-order valence-corrected chi connectivity index (χ0v) is 16.3. The molecule has 26 heavy (non-hydrogen) atoms. The van der Waals surface area contributed by atoms with Crippen LogP contribution in [0.15, 0.2) is 18.2 Å². The molecule has 1 fully saturated rings. The van der Waals surface area contributed by atoms with Crippen molar-refractivity contribution >= 4 is 24.1 Å².